The third-order valence-corrected chi connectivity index (χ3v) is 7.45. The van der Waals surface area contributed by atoms with Crippen LogP contribution in [0.25, 0.3) is 0 Å². The molecule has 7 nitrogen and oxygen atoms in total. The lowest BCUT2D eigenvalue weighted by atomic mass is 10.1. The van der Waals surface area contributed by atoms with Crippen LogP contribution in [0.15, 0.2) is 65.7 Å². The number of hydrogen-bond donors (Lipinski definition) is 2. The van der Waals surface area contributed by atoms with Crippen molar-refractivity contribution in [3.63, 3.8) is 0 Å². The van der Waals surface area contributed by atoms with Crippen LogP contribution < -0.4 is 10.0 Å². The summed E-state index contributed by atoms with van der Waals surface area (Å²) >= 11 is 6.16. The van der Waals surface area contributed by atoms with Gasteiger partial charge in [0.1, 0.15) is 28.5 Å². The highest BCUT2D eigenvalue weighted by Gasteiger charge is 2.30. The molecule has 0 radical (unpaired) electrons. The Balaban J connectivity index is 1.87. The van der Waals surface area contributed by atoms with E-state index in [4.69, 9.17) is 11.6 Å². The second kappa shape index (κ2) is 10.8. The molecular weight excluding hydrogens is 479 g/mol. The molecule has 1 aromatic heterocycles. The number of sulfonamides is 1. The van der Waals surface area contributed by atoms with Crippen molar-refractivity contribution < 1.29 is 17.6 Å². The summed E-state index contributed by atoms with van der Waals surface area (Å²) in [6, 6.07) is 14.3. The number of amides is 1. The number of nitrogens with one attached hydrogen (secondary N) is 2. The second-order valence-corrected chi connectivity index (χ2v) is 9.96. The fourth-order valence-corrected chi connectivity index (χ4v) is 5.74. The Morgan fingerprint density at radius 1 is 1.21 bits per heavy atom. The molecule has 0 fully saturated rings. The average molecular weight is 503 g/mol. The second-order valence-electron chi connectivity index (χ2n) is 7.90. The van der Waals surface area contributed by atoms with Gasteiger partial charge in [-0.05, 0) is 61.7 Å². The Morgan fingerprint density at radius 3 is 2.62 bits per heavy atom. The molecule has 1 heterocycles. The van der Waals surface area contributed by atoms with Gasteiger partial charge >= 0.3 is 0 Å². The minimum Gasteiger partial charge on any atom is -0.351 e. The Kier molecular flexibility index (Phi) is 8.10. The summed E-state index contributed by atoms with van der Waals surface area (Å²) in [6.45, 7) is 3.41. The van der Waals surface area contributed by atoms with Gasteiger partial charge in [-0.3, -0.25) is 4.79 Å². The summed E-state index contributed by atoms with van der Waals surface area (Å²) in [6.07, 6.45) is 1.75. The minimum atomic E-state index is -4.16. The molecule has 3 rings (SSSR count). The first-order valence-electron chi connectivity index (χ1n) is 10.5. The average Bonchev–Trinajstić information content (AvgIpc) is 3.26. The summed E-state index contributed by atoms with van der Waals surface area (Å²) < 4.78 is 44.1. The summed E-state index contributed by atoms with van der Waals surface area (Å²) in [5.74, 6) is -1.03. The normalized spacial score (nSPS) is 13.1. The Bertz CT molecular complexity index is 1310. The quantitative estimate of drug-likeness (QED) is 0.460. The summed E-state index contributed by atoms with van der Waals surface area (Å²) in [5.41, 5.74) is 1.35. The predicted octanol–water partition coefficient (Wildman–Crippen LogP) is 4.08. The highest BCUT2D eigenvalue weighted by atomic mass is 35.5. The van der Waals surface area contributed by atoms with E-state index in [0.29, 0.717) is 16.8 Å². The van der Waals surface area contributed by atoms with Crippen molar-refractivity contribution >= 4 is 27.5 Å². The largest absolute Gasteiger partial charge is 0.351 e. The fraction of sp³-hybridized carbons (Fsp3) is 0.250. The smallest absolute Gasteiger partial charge is 0.243 e. The van der Waals surface area contributed by atoms with Gasteiger partial charge in [0.25, 0.3) is 0 Å². The predicted molar refractivity (Wildman–Crippen MR) is 127 cm³/mol. The molecule has 0 saturated heterocycles. The van der Waals surface area contributed by atoms with Gasteiger partial charge < -0.3 is 9.88 Å². The number of benzene rings is 2. The molecule has 2 N–H and O–H groups in total. The molecule has 0 bridgehead atoms. The molecule has 2 atom stereocenters. The Morgan fingerprint density at radius 2 is 1.94 bits per heavy atom. The van der Waals surface area contributed by atoms with Crippen LogP contribution in [0.3, 0.4) is 0 Å². The number of nitrogens with zero attached hydrogens (tertiary/aromatic N) is 2. The van der Waals surface area contributed by atoms with Gasteiger partial charge in [0, 0.05) is 18.8 Å². The molecule has 0 saturated carbocycles. The molecule has 34 heavy (non-hydrogen) atoms. The molecule has 178 valence electrons. The monoisotopic (exact) mass is 502 g/mol. The molecule has 10 heteroatoms. The van der Waals surface area contributed by atoms with Crippen molar-refractivity contribution in [2.45, 2.75) is 43.8 Å². The van der Waals surface area contributed by atoms with Gasteiger partial charge in [-0.1, -0.05) is 35.9 Å². The van der Waals surface area contributed by atoms with Gasteiger partial charge in [-0.25, -0.2) is 12.8 Å². The molecule has 0 aliphatic rings. The topological polar surface area (TPSA) is 104 Å². The maximum atomic E-state index is 13.5. The van der Waals surface area contributed by atoms with E-state index in [0.717, 1.165) is 0 Å². The molecular formula is C24H24ClFN4O3S. The van der Waals surface area contributed by atoms with Gasteiger partial charge in [0.2, 0.25) is 15.9 Å². The zero-order chi connectivity index (χ0) is 24.9. The number of carbonyl (C=O) groups is 1. The van der Waals surface area contributed by atoms with Gasteiger partial charge in [0.05, 0.1) is 5.02 Å². The molecule has 2 aromatic carbocycles. The number of rotatable bonds is 9. The lowest BCUT2D eigenvalue weighted by molar-refractivity contribution is -0.123. The van der Waals surface area contributed by atoms with Crippen molar-refractivity contribution in [1.82, 2.24) is 14.6 Å². The molecule has 2 unspecified atom stereocenters. The van der Waals surface area contributed by atoms with E-state index < -0.39 is 27.8 Å². The van der Waals surface area contributed by atoms with E-state index >= 15 is 0 Å². The number of halogens is 2. The van der Waals surface area contributed by atoms with Crippen molar-refractivity contribution in [1.29, 1.82) is 5.26 Å². The van der Waals surface area contributed by atoms with E-state index in [9.17, 15) is 22.9 Å². The summed E-state index contributed by atoms with van der Waals surface area (Å²) in [5, 5.41) is 12.0. The van der Waals surface area contributed by atoms with Crippen LogP contribution in [0.1, 0.15) is 36.2 Å². The molecule has 1 amide bonds. The third kappa shape index (κ3) is 6.03. The van der Waals surface area contributed by atoms with E-state index in [1.54, 1.807) is 54.9 Å². The molecule has 0 aliphatic heterocycles. The van der Waals surface area contributed by atoms with Crippen molar-refractivity contribution in [2.24, 2.45) is 0 Å². The zero-order valence-electron chi connectivity index (χ0n) is 18.6. The highest BCUT2D eigenvalue weighted by Crippen LogP contribution is 2.26. The lowest BCUT2D eigenvalue weighted by Crippen LogP contribution is -2.47. The Hall–Kier alpha value is -3.19. The minimum absolute atomic E-state index is 0.0152. The number of carbonyl (C=O) groups excluding carboxylic acids is 1. The van der Waals surface area contributed by atoms with E-state index in [1.807, 2.05) is 0 Å². The van der Waals surface area contributed by atoms with Crippen molar-refractivity contribution in [2.75, 3.05) is 0 Å². The third-order valence-electron chi connectivity index (χ3n) is 5.35. The van der Waals surface area contributed by atoms with Gasteiger partial charge in [0.15, 0.2) is 0 Å². The zero-order valence-corrected chi connectivity index (χ0v) is 20.2. The van der Waals surface area contributed by atoms with Gasteiger partial charge in [-0.2, -0.15) is 9.98 Å². The van der Waals surface area contributed by atoms with Crippen LogP contribution >= 0.6 is 11.6 Å². The first kappa shape index (κ1) is 25.4. The highest BCUT2D eigenvalue weighted by molar-refractivity contribution is 7.89. The number of aromatic nitrogens is 1. The summed E-state index contributed by atoms with van der Waals surface area (Å²) in [4.78, 5) is 13.0. The van der Waals surface area contributed by atoms with Crippen LogP contribution in [0.5, 0.6) is 0 Å². The van der Waals surface area contributed by atoms with Crippen LogP contribution in [0.2, 0.25) is 5.02 Å². The maximum Gasteiger partial charge on any atom is 0.243 e. The van der Waals surface area contributed by atoms with Crippen LogP contribution in [0.4, 0.5) is 4.39 Å². The SMILES string of the molecule is Cc1cccc(Cl)c1S(=O)(=O)NC(CC(C)n1cccc1C#N)C(=O)NCc1cccc(F)c1. The molecule has 0 aliphatic carbocycles. The van der Waals surface area contributed by atoms with Crippen molar-refractivity contribution in [3.8, 4) is 6.07 Å². The van der Waals surface area contributed by atoms with Crippen LogP contribution in [-0.4, -0.2) is 24.9 Å². The number of nitriles is 1. The first-order valence-corrected chi connectivity index (χ1v) is 12.3. The Labute approximate surface area is 203 Å². The summed E-state index contributed by atoms with van der Waals surface area (Å²) in [7, 11) is -4.16. The van der Waals surface area contributed by atoms with Crippen LogP contribution in [0, 0.1) is 24.1 Å². The van der Waals surface area contributed by atoms with E-state index in [2.05, 4.69) is 16.1 Å². The van der Waals surface area contributed by atoms with Gasteiger partial charge in [-0.15, -0.1) is 0 Å². The van der Waals surface area contributed by atoms with E-state index in [-0.39, 0.29) is 28.9 Å². The van der Waals surface area contributed by atoms with Crippen molar-refractivity contribution in [3.05, 3.63) is 88.5 Å². The first-order chi connectivity index (χ1) is 16.1. The standard InChI is InChI=1S/C24H24ClFN4O3S/c1-16-6-3-10-21(25)23(16)34(32,33)29-22(12-17(2)30-11-5-9-20(30)14-27)24(31)28-15-18-7-4-8-19(26)13-18/h3-11,13,17,22,29H,12,15H2,1-2H3,(H,28,31). The lowest BCUT2D eigenvalue weighted by Gasteiger charge is -2.24. The van der Waals surface area contributed by atoms with Crippen LogP contribution in [-0.2, 0) is 21.4 Å². The number of aryl methyl sites for hydroxylation is 1. The maximum absolute atomic E-state index is 13.5. The number of hydrogen-bond acceptors (Lipinski definition) is 4. The fourth-order valence-electron chi connectivity index (χ4n) is 3.70. The van der Waals surface area contributed by atoms with E-state index in [1.165, 1.54) is 24.3 Å². The molecule has 3 aromatic rings. The molecule has 0 spiro atoms.